The number of benzene rings is 1. The predicted molar refractivity (Wildman–Crippen MR) is 106 cm³/mol. The van der Waals surface area contributed by atoms with Crippen LogP contribution in [-0.4, -0.2) is 59.5 Å². The van der Waals surface area contributed by atoms with Crippen molar-refractivity contribution in [2.45, 2.75) is 25.4 Å². The Balaban J connectivity index is 1.30. The number of carbonyl (C=O) groups excluding carboxylic acids is 2. The third kappa shape index (κ3) is 4.31. The molecular formula is C21H24N4O4. The molecule has 2 aromatic rings. The molecule has 4 rings (SSSR count). The van der Waals surface area contributed by atoms with Gasteiger partial charge in [0.25, 0.3) is 0 Å². The van der Waals surface area contributed by atoms with Crippen LogP contribution in [0.15, 0.2) is 42.6 Å². The molecule has 0 spiro atoms. The lowest BCUT2D eigenvalue weighted by molar-refractivity contribution is -0.137. The highest BCUT2D eigenvalue weighted by atomic mass is 16.5. The predicted octanol–water partition coefficient (Wildman–Crippen LogP) is 1.91. The van der Waals surface area contributed by atoms with Gasteiger partial charge in [-0.2, -0.15) is 4.98 Å². The SMILES string of the molecule is COc1nccc(OC2CCN(C(=O)C3CC(=O)N(c4ccccc4)C3)CC2)n1. The number of rotatable bonds is 5. The maximum absolute atomic E-state index is 12.9. The Hall–Kier alpha value is -3.16. The van der Waals surface area contributed by atoms with Crippen LogP contribution in [-0.2, 0) is 9.59 Å². The van der Waals surface area contributed by atoms with E-state index in [0.29, 0.717) is 25.5 Å². The first kappa shape index (κ1) is 19.2. The molecule has 1 aromatic carbocycles. The molecule has 1 aromatic heterocycles. The number of hydrogen-bond acceptors (Lipinski definition) is 6. The topological polar surface area (TPSA) is 84.9 Å². The summed E-state index contributed by atoms with van der Waals surface area (Å²) >= 11 is 0. The molecule has 8 heteroatoms. The molecule has 2 aliphatic rings. The minimum absolute atomic E-state index is 0.00507. The van der Waals surface area contributed by atoms with Gasteiger partial charge < -0.3 is 19.3 Å². The van der Waals surface area contributed by atoms with Crippen molar-refractivity contribution in [1.82, 2.24) is 14.9 Å². The fraction of sp³-hybridized carbons (Fsp3) is 0.429. The summed E-state index contributed by atoms with van der Waals surface area (Å²) in [5.41, 5.74) is 0.847. The van der Waals surface area contributed by atoms with Crippen molar-refractivity contribution in [2.24, 2.45) is 5.92 Å². The van der Waals surface area contributed by atoms with Crippen LogP contribution in [0.25, 0.3) is 0 Å². The van der Waals surface area contributed by atoms with E-state index < -0.39 is 0 Å². The molecule has 2 fully saturated rings. The number of anilines is 1. The van der Waals surface area contributed by atoms with E-state index >= 15 is 0 Å². The number of hydrogen-bond donors (Lipinski definition) is 0. The second kappa shape index (κ2) is 8.46. The number of methoxy groups -OCH3 is 1. The molecule has 1 unspecified atom stereocenters. The van der Waals surface area contributed by atoms with Crippen LogP contribution in [0, 0.1) is 5.92 Å². The van der Waals surface area contributed by atoms with Crippen LogP contribution in [0.4, 0.5) is 5.69 Å². The van der Waals surface area contributed by atoms with Crippen molar-refractivity contribution in [2.75, 3.05) is 31.6 Å². The molecule has 1 atom stereocenters. The average molecular weight is 396 g/mol. The Morgan fingerprint density at radius 1 is 1.14 bits per heavy atom. The molecule has 8 nitrogen and oxygen atoms in total. The summed E-state index contributed by atoms with van der Waals surface area (Å²) in [5, 5.41) is 0. The third-order valence-corrected chi connectivity index (χ3v) is 5.37. The molecule has 2 aliphatic heterocycles. The number of piperidine rings is 1. The summed E-state index contributed by atoms with van der Waals surface area (Å²) in [6.07, 6.45) is 3.30. The second-order valence-corrected chi connectivity index (χ2v) is 7.27. The smallest absolute Gasteiger partial charge is 0.319 e. The molecule has 0 N–H and O–H groups in total. The summed E-state index contributed by atoms with van der Waals surface area (Å²) in [7, 11) is 1.51. The number of carbonyl (C=O) groups is 2. The van der Waals surface area contributed by atoms with Crippen LogP contribution >= 0.6 is 0 Å². The van der Waals surface area contributed by atoms with Crippen molar-refractivity contribution < 1.29 is 19.1 Å². The minimum Gasteiger partial charge on any atom is -0.474 e. The van der Waals surface area contributed by atoms with E-state index in [1.807, 2.05) is 35.2 Å². The summed E-state index contributed by atoms with van der Waals surface area (Å²) < 4.78 is 10.9. The zero-order valence-corrected chi connectivity index (χ0v) is 16.4. The third-order valence-electron chi connectivity index (χ3n) is 5.37. The van der Waals surface area contributed by atoms with Crippen LogP contribution in [0.1, 0.15) is 19.3 Å². The lowest BCUT2D eigenvalue weighted by atomic mass is 10.0. The van der Waals surface area contributed by atoms with E-state index in [2.05, 4.69) is 9.97 Å². The second-order valence-electron chi connectivity index (χ2n) is 7.27. The Kier molecular flexibility index (Phi) is 5.59. The van der Waals surface area contributed by atoms with E-state index in [0.717, 1.165) is 18.5 Å². The first-order chi connectivity index (χ1) is 14.1. The summed E-state index contributed by atoms with van der Waals surface area (Å²) in [5.74, 6) is 0.247. The van der Waals surface area contributed by atoms with Gasteiger partial charge >= 0.3 is 6.01 Å². The number of para-hydroxylation sites is 1. The van der Waals surface area contributed by atoms with E-state index in [9.17, 15) is 9.59 Å². The number of likely N-dealkylation sites (tertiary alicyclic amines) is 1. The van der Waals surface area contributed by atoms with E-state index in [1.165, 1.54) is 7.11 Å². The highest BCUT2D eigenvalue weighted by molar-refractivity contribution is 6.00. The lowest BCUT2D eigenvalue weighted by Gasteiger charge is -2.33. The van der Waals surface area contributed by atoms with Gasteiger partial charge in [-0.05, 0) is 12.1 Å². The van der Waals surface area contributed by atoms with Crippen molar-refractivity contribution in [1.29, 1.82) is 0 Å². The van der Waals surface area contributed by atoms with Crippen molar-refractivity contribution >= 4 is 17.5 Å². The van der Waals surface area contributed by atoms with Crippen LogP contribution in [0.5, 0.6) is 11.9 Å². The van der Waals surface area contributed by atoms with E-state index in [-0.39, 0.29) is 36.3 Å². The molecule has 0 aliphatic carbocycles. The Labute approximate surface area is 169 Å². The number of aromatic nitrogens is 2. The van der Waals surface area contributed by atoms with Gasteiger partial charge in [0.1, 0.15) is 6.10 Å². The van der Waals surface area contributed by atoms with Gasteiger partial charge in [-0.15, -0.1) is 0 Å². The molecular weight excluding hydrogens is 372 g/mol. The summed E-state index contributed by atoms with van der Waals surface area (Å²) in [6, 6.07) is 11.5. The van der Waals surface area contributed by atoms with Crippen LogP contribution in [0.2, 0.25) is 0 Å². The Bertz CT molecular complexity index is 868. The van der Waals surface area contributed by atoms with Gasteiger partial charge in [0, 0.05) is 56.8 Å². The highest BCUT2D eigenvalue weighted by Gasteiger charge is 2.38. The van der Waals surface area contributed by atoms with Gasteiger partial charge in [-0.25, -0.2) is 4.98 Å². The standard InChI is InChI=1S/C21H24N4O4/c1-28-21-22-10-7-18(23-21)29-17-8-11-24(12-9-17)20(27)15-13-19(26)25(14-15)16-5-3-2-4-6-16/h2-7,10,15,17H,8-9,11-14H2,1H3. The van der Waals surface area contributed by atoms with E-state index in [1.54, 1.807) is 17.2 Å². The number of ether oxygens (including phenoxy) is 2. The van der Waals surface area contributed by atoms with Crippen LogP contribution in [0.3, 0.4) is 0 Å². The van der Waals surface area contributed by atoms with Gasteiger partial charge in [0.05, 0.1) is 13.0 Å². The monoisotopic (exact) mass is 396 g/mol. The van der Waals surface area contributed by atoms with Crippen molar-refractivity contribution in [3.05, 3.63) is 42.6 Å². The first-order valence-electron chi connectivity index (χ1n) is 9.82. The van der Waals surface area contributed by atoms with Gasteiger partial charge in [-0.1, -0.05) is 18.2 Å². The van der Waals surface area contributed by atoms with Crippen LogP contribution < -0.4 is 14.4 Å². The van der Waals surface area contributed by atoms with Gasteiger partial charge in [-0.3, -0.25) is 9.59 Å². The Morgan fingerprint density at radius 3 is 2.62 bits per heavy atom. The fourth-order valence-corrected chi connectivity index (χ4v) is 3.84. The zero-order chi connectivity index (χ0) is 20.2. The summed E-state index contributed by atoms with van der Waals surface area (Å²) in [6.45, 7) is 1.67. The number of amides is 2. The summed E-state index contributed by atoms with van der Waals surface area (Å²) in [4.78, 5) is 37.0. The molecule has 29 heavy (non-hydrogen) atoms. The molecule has 2 amide bonds. The first-order valence-corrected chi connectivity index (χ1v) is 9.82. The minimum atomic E-state index is -0.286. The van der Waals surface area contributed by atoms with Gasteiger partial charge in [0.2, 0.25) is 17.7 Å². The van der Waals surface area contributed by atoms with Gasteiger partial charge in [0.15, 0.2) is 0 Å². The molecule has 2 saturated heterocycles. The molecule has 0 saturated carbocycles. The fourth-order valence-electron chi connectivity index (χ4n) is 3.84. The zero-order valence-electron chi connectivity index (χ0n) is 16.4. The maximum Gasteiger partial charge on any atom is 0.319 e. The highest BCUT2D eigenvalue weighted by Crippen LogP contribution is 2.27. The average Bonchev–Trinajstić information content (AvgIpc) is 3.16. The largest absolute Gasteiger partial charge is 0.474 e. The lowest BCUT2D eigenvalue weighted by Crippen LogP contribution is -2.45. The molecule has 0 radical (unpaired) electrons. The number of nitrogens with zero attached hydrogens (tertiary/aromatic N) is 4. The molecule has 152 valence electrons. The van der Waals surface area contributed by atoms with Crippen molar-refractivity contribution in [3.63, 3.8) is 0 Å². The molecule has 0 bridgehead atoms. The normalized spacial score (nSPS) is 20.0. The van der Waals surface area contributed by atoms with E-state index in [4.69, 9.17) is 9.47 Å². The Morgan fingerprint density at radius 2 is 1.90 bits per heavy atom. The maximum atomic E-state index is 12.9. The quantitative estimate of drug-likeness (QED) is 0.768. The van der Waals surface area contributed by atoms with Crippen molar-refractivity contribution in [3.8, 4) is 11.9 Å². The molecule has 3 heterocycles.